The van der Waals surface area contributed by atoms with Gasteiger partial charge in [0.25, 0.3) is 0 Å². The number of hydrazine groups is 1. The first-order valence-electron chi connectivity index (χ1n) is 8.43. The van der Waals surface area contributed by atoms with Crippen molar-refractivity contribution in [2.75, 3.05) is 5.43 Å². The molecule has 1 fully saturated rings. The molecule has 0 spiro atoms. The zero-order valence-electron chi connectivity index (χ0n) is 13.9. The molecule has 128 valence electrons. The summed E-state index contributed by atoms with van der Waals surface area (Å²) in [6.07, 6.45) is 7.00. The van der Waals surface area contributed by atoms with Crippen LogP contribution in [0.25, 0.3) is 0 Å². The molecule has 24 heavy (non-hydrogen) atoms. The first kappa shape index (κ1) is 16.6. The summed E-state index contributed by atoms with van der Waals surface area (Å²) in [5.41, 5.74) is 8.23. The minimum absolute atomic E-state index is 0.120. The Bertz CT molecular complexity index is 657. The molecule has 0 bridgehead atoms. The third-order valence-corrected chi connectivity index (χ3v) is 4.21. The Balaban J connectivity index is 1.57. The molecule has 0 unspecified atom stereocenters. The Kier molecular flexibility index (Phi) is 5.59. The van der Waals surface area contributed by atoms with Crippen LogP contribution >= 0.6 is 0 Å². The lowest BCUT2D eigenvalue weighted by Gasteiger charge is -2.23. The molecule has 3 rings (SSSR count). The number of aryl methyl sites for hydroxylation is 1. The summed E-state index contributed by atoms with van der Waals surface area (Å²) in [6.45, 7) is 2.38. The predicted molar refractivity (Wildman–Crippen MR) is 91.1 cm³/mol. The van der Waals surface area contributed by atoms with Crippen molar-refractivity contribution in [2.24, 2.45) is 0 Å². The Morgan fingerprint density at radius 2 is 1.92 bits per heavy atom. The molecule has 1 aromatic carbocycles. The first-order valence-corrected chi connectivity index (χ1v) is 8.43. The highest BCUT2D eigenvalue weighted by Gasteiger charge is 2.14. The molecular weight excluding hydrogens is 307 g/mol. The van der Waals surface area contributed by atoms with Gasteiger partial charge in [-0.05, 0) is 25.3 Å². The number of nitrogens with one attached hydrogen (secondary N) is 2. The van der Waals surface area contributed by atoms with Gasteiger partial charge in [-0.3, -0.25) is 0 Å². The molecular formula is C18H23FN4O. The molecule has 1 aliphatic rings. The lowest BCUT2D eigenvalue weighted by molar-refractivity contribution is 0.279. The van der Waals surface area contributed by atoms with Crippen molar-refractivity contribution in [3.63, 3.8) is 0 Å². The van der Waals surface area contributed by atoms with E-state index in [9.17, 15) is 4.39 Å². The van der Waals surface area contributed by atoms with Crippen LogP contribution in [0.2, 0.25) is 0 Å². The van der Waals surface area contributed by atoms with Gasteiger partial charge in [0, 0.05) is 6.04 Å². The number of ether oxygens (including phenoxy) is 1. The maximum atomic E-state index is 13.8. The van der Waals surface area contributed by atoms with Crippen LogP contribution in [0.3, 0.4) is 0 Å². The summed E-state index contributed by atoms with van der Waals surface area (Å²) in [5.74, 6) is -0.379. The lowest BCUT2D eigenvalue weighted by Crippen LogP contribution is -2.36. The highest BCUT2D eigenvalue weighted by molar-refractivity contribution is 5.35. The molecule has 1 heterocycles. The van der Waals surface area contributed by atoms with Crippen LogP contribution in [0.1, 0.15) is 43.2 Å². The van der Waals surface area contributed by atoms with Crippen LogP contribution in [-0.4, -0.2) is 16.0 Å². The number of rotatable bonds is 6. The SMILES string of the molecule is Cc1ccc(COc2ncc(F)c(NNC3CCCCC3)n2)cc1. The van der Waals surface area contributed by atoms with Gasteiger partial charge in [-0.1, -0.05) is 49.1 Å². The molecule has 0 radical (unpaired) electrons. The van der Waals surface area contributed by atoms with E-state index in [1.54, 1.807) is 0 Å². The zero-order chi connectivity index (χ0) is 16.8. The van der Waals surface area contributed by atoms with E-state index in [-0.39, 0.29) is 11.8 Å². The molecule has 5 nitrogen and oxygen atoms in total. The van der Waals surface area contributed by atoms with Gasteiger partial charge in [0.2, 0.25) is 0 Å². The highest BCUT2D eigenvalue weighted by atomic mass is 19.1. The summed E-state index contributed by atoms with van der Waals surface area (Å²) >= 11 is 0. The predicted octanol–water partition coefficient (Wildman–Crippen LogP) is 3.75. The molecule has 0 aliphatic heterocycles. The quantitative estimate of drug-likeness (QED) is 0.790. The maximum Gasteiger partial charge on any atom is 0.318 e. The van der Waals surface area contributed by atoms with E-state index in [0.29, 0.717) is 12.6 Å². The fourth-order valence-electron chi connectivity index (χ4n) is 2.76. The van der Waals surface area contributed by atoms with E-state index in [2.05, 4.69) is 20.8 Å². The van der Waals surface area contributed by atoms with Gasteiger partial charge in [-0.2, -0.15) is 4.98 Å². The summed E-state index contributed by atoms with van der Waals surface area (Å²) in [4.78, 5) is 8.00. The highest BCUT2D eigenvalue weighted by Crippen LogP contribution is 2.18. The van der Waals surface area contributed by atoms with Crippen molar-refractivity contribution in [3.8, 4) is 6.01 Å². The fraction of sp³-hybridized carbons (Fsp3) is 0.444. The monoisotopic (exact) mass is 330 g/mol. The summed E-state index contributed by atoms with van der Waals surface area (Å²) in [6, 6.07) is 8.52. The summed E-state index contributed by atoms with van der Waals surface area (Å²) in [5, 5.41) is 0. The zero-order valence-corrected chi connectivity index (χ0v) is 13.9. The topological polar surface area (TPSA) is 59.1 Å². The second-order valence-corrected chi connectivity index (χ2v) is 6.23. The number of benzene rings is 1. The van der Waals surface area contributed by atoms with Gasteiger partial charge < -0.3 is 10.2 Å². The Hall–Kier alpha value is -2.21. The number of nitrogens with zero attached hydrogens (tertiary/aromatic N) is 2. The van der Waals surface area contributed by atoms with E-state index < -0.39 is 5.82 Å². The molecule has 1 aromatic heterocycles. The Labute approximate surface area is 141 Å². The second kappa shape index (κ2) is 8.06. The van der Waals surface area contributed by atoms with Crippen molar-refractivity contribution in [1.82, 2.24) is 15.4 Å². The number of hydrogen-bond donors (Lipinski definition) is 2. The smallest absolute Gasteiger partial charge is 0.318 e. The van der Waals surface area contributed by atoms with Gasteiger partial charge in [0.1, 0.15) is 6.61 Å². The van der Waals surface area contributed by atoms with Crippen LogP contribution in [-0.2, 0) is 6.61 Å². The van der Waals surface area contributed by atoms with Gasteiger partial charge in [0.15, 0.2) is 11.6 Å². The number of hydrogen-bond acceptors (Lipinski definition) is 5. The fourth-order valence-corrected chi connectivity index (χ4v) is 2.76. The minimum atomic E-state index is -0.499. The minimum Gasteiger partial charge on any atom is -0.459 e. The van der Waals surface area contributed by atoms with Crippen molar-refractivity contribution in [1.29, 1.82) is 0 Å². The van der Waals surface area contributed by atoms with E-state index >= 15 is 0 Å². The van der Waals surface area contributed by atoms with Crippen LogP contribution in [0.4, 0.5) is 10.2 Å². The van der Waals surface area contributed by atoms with Crippen molar-refractivity contribution < 1.29 is 9.13 Å². The molecule has 0 atom stereocenters. The van der Waals surface area contributed by atoms with Crippen molar-refractivity contribution in [3.05, 3.63) is 47.4 Å². The Morgan fingerprint density at radius 1 is 1.17 bits per heavy atom. The van der Waals surface area contributed by atoms with E-state index in [1.165, 1.54) is 24.8 Å². The van der Waals surface area contributed by atoms with Gasteiger partial charge in [0.05, 0.1) is 6.20 Å². The maximum absolute atomic E-state index is 13.8. The molecule has 0 saturated heterocycles. The molecule has 2 N–H and O–H groups in total. The van der Waals surface area contributed by atoms with E-state index in [1.807, 2.05) is 31.2 Å². The van der Waals surface area contributed by atoms with Gasteiger partial charge >= 0.3 is 6.01 Å². The van der Waals surface area contributed by atoms with Crippen molar-refractivity contribution >= 4 is 5.82 Å². The van der Waals surface area contributed by atoms with Crippen LogP contribution in [0, 0.1) is 12.7 Å². The van der Waals surface area contributed by atoms with E-state index in [4.69, 9.17) is 4.74 Å². The normalized spacial score (nSPS) is 15.2. The lowest BCUT2D eigenvalue weighted by atomic mass is 9.96. The average molecular weight is 330 g/mol. The average Bonchev–Trinajstić information content (AvgIpc) is 2.62. The standard InChI is InChI=1S/C18H23FN4O/c1-13-7-9-14(10-8-13)12-24-18-20-11-16(19)17(21-18)23-22-15-5-3-2-4-6-15/h7-11,15,22H,2-6,12H2,1H3,(H,20,21,23). The number of halogens is 1. The summed E-state index contributed by atoms with van der Waals surface area (Å²) < 4.78 is 19.4. The first-order chi connectivity index (χ1) is 11.7. The summed E-state index contributed by atoms with van der Waals surface area (Å²) in [7, 11) is 0. The second-order valence-electron chi connectivity index (χ2n) is 6.23. The molecule has 6 heteroatoms. The molecule has 1 saturated carbocycles. The third-order valence-electron chi connectivity index (χ3n) is 4.21. The van der Waals surface area contributed by atoms with Crippen LogP contribution < -0.4 is 15.6 Å². The molecule has 1 aliphatic carbocycles. The van der Waals surface area contributed by atoms with Crippen LogP contribution in [0.5, 0.6) is 6.01 Å². The molecule has 2 aromatic rings. The van der Waals surface area contributed by atoms with Crippen LogP contribution in [0.15, 0.2) is 30.5 Å². The van der Waals surface area contributed by atoms with E-state index in [0.717, 1.165) is 24.6 Å². The number of aromatic nitrogens is 2. The number of anilines is 1. The Morgan fingerprint density at radius 3 is 2.67 bits per heavy atom. The van der Waals surface area contributed by atoms with Gasteiger partial charge in [-0.15, -0.1) is 0 Å². The van der Waals surface area contributed by atoms with Gasteiger partial charge in [-0.25, -0.2) is 14.8 Å². The van der Waals surface area contributed by atoms with Crippen molar-refractivity contribution in [2.45, 2.75) is 51.7 Å². The third kappa shape index (κ3) is 4.64. The molecule has 0 amide bonds. The largest absolute Gasteiger partial charge is 0.459 e.